The van der Waals surface area contributed by atoms with Gasteiger partial charge in [-0.2, -0.15) is 0 Å². The third kappa shape index (κ3) is 6.25. The minimum Gasteiger partial charge on any atom is -0.405 e. The van der Waals surface area contributed by atoms with Crippen molar-refractivity contribution in [3.8, 4) is 5.75 Å². The summed E-state index contributed by atoms with van der Waals surface area (Å²) < 4.78 is 42.6. The van der Waals surface area contributed by atoms with Gasteiger partial charge in [0, 0.05) is 38.9 Å². The van der Waals surface area contributed by atoms with Gasteiger partial charge in [0.05, 0.1) is 5.56 Å². The van der Waals surface area contributed by atoms with E-state index in [9.17, 15) is 22.8 Å². The van der Waals surface area contributed by atoms with Crippen LogP contribution in [0.25, 0.3) is 0 Å². The van der Waals surface area contributed by atoms with Gasteiger partial charge in [-0.05, 0) is 49.4 Å². The number of carbonyl (C=O) groups excluding carboxylic acids is 2. The largest absolute Gasteiger partial charge is 0.573 e. The molecule has 2 amide bonds. The van der Waals surface area contributed by atoms with Gasteiger partial charge >= 0.3 is 6.36 Å². The molecule has 8 nitrogen and oxygen atoms in total. The fourth-order valence-electron chi connectivity index (χ4n) is 4.61. The number of benzene rings is 1. The lowest BCUT2D eigenvalue weighted by molar-refractivity contribution is -0.274. The van der Waals surface area contributed by atoms with Crippen molar-refractivity contribution in [2.75, 3.05) is 32.7 Å². The molecule has 3 fully saturated rings. The maximum Gasteiger partial charge on any atom is 0.573 e. The van der Waals surface area contributed by atoms with E-state index in [2.05, 4.69) is 15.0 Å². The number of carbonyl (C=O) groups is 2. The van der Waals surface area contributed by atoms with Crippen LogP contribution < -0.4 is 10.1 Å². The normalized spacial score (nSPS) is 19.2. The predicted octanol–water partition coefficient (Wildman–Crippen LogP) is 3.63. The molecule has 0 bridgehead atoms. The van der Waals surface area contributed by atoms with Gasteiger partial charge < -0.3 is 19.9 Å². The first-order chi connectivity index (χ1) is 18.2. The van der Waals surface area contributed by atoms with E-state index in [0.717, 1.165) is 18.4 Å². The highest BCUT2D eigenvalue weighted by atomic mass is 19.4. The molecule has 2 aliphatic carbocycles. The Morgan fingerprint density at radius 2 is 1.71 bits per heavy atom. The van der Waals surface area contributed by atoms with E-state index in [0.29, 0.717) is 44.0 Å². The Morgan fingerprint density at radius 1 is 1.03 bits per heavy atom. The van der Waals surface area contributed by atoms with E-state index in [4.69, 9.17) is 4.99 Å². The Morgan fingerprint density at radius 3 is 2.34 bits per heavy atom. The van der Waals surface area contributed by atoms with Crippen LogP contribution in [0, 0.1) is 5.92 Å². The summed E-state index contributed by atoms with van der Waals surface area (Å²) in [5.41, 5.74) is -0.318. The standard InChI is InChI=1S/C27H30F3N5O3/c28-27(29,30)38-22-7-2-1-5-20(22)24(36)35-17-15-34(16-18-35)23(21-6-3-4-13-31-21)33-26(11-12-26)25(37)32-14-10-19-8-9-19/h1-7,13,19H,8-12,14-18H2,(H,32,37). The molecule has 38 heavy (non-hydrogen) atoms. The first kappa shape index (κ1) is 26.0. The highest BCUT2D eigenvalue weighted by Crippen LogP contribution is 2.41. The summed E-state index contributed by atoms with van der Waals surface area (Å²) in [7, 11) is 0. The Hall–Kier alpha value is -3.63. The van der Waals surface area contributed by atoms with Crippen LogP contribution in [0.2, 0.25) is 0 Å². The van der Waals surface area contributed by atoms with E-state index >= 15 is 0 Å². The van der Waals surface area contributed by atoms with Crippen molar-refractivity contribution < 1.29 is 27.5 Å². The molecule has 5 rings (SSSR count). The number of nitrogens with zero attached hydrogens (tertiary/aromatic N) is 4. The third-order valence-electron chi connectivity index (χ3n) is 7.10. The van der Waals surface area contributed by atoms with Gasteiger partial charge in [-0.1, -0.05) is 31.0 Å². The lowest BCUT2D eigenvalue weighted by Crippen LogP contribution is -2.51. The average Bonchev–Trinajstić information content (AvgIpc) is 3.84. The number of halogens is 3. The smallest absolute Gasteiger partial charge is 0.405 e. The number of nitrogens with one attached hydrogen (secondary N) is 1. The Bertz CT molecular complexity index is 1190. The molecule has 1 N–H and O–H groups in total. The van der Waals surface area contributed by atoms with Crippen LogP contribution >= 0.6 is 0 Å². The lowest BCUT2D eigenvalue weighted by Gasteiger charge is -2.37. The van der Waals surface area contributed by atoms with Crippen molar-refractivity contribution in [1.29, 1.82) is 0 Å². The van der Waals surface area contributed by atoms with Crippen molar-refractivity contribution in [3.05, 3.63) is 59.9 Å². The second-order valence-electron chi connectivity index (χ2n) is 9.99. The van der Waals surface area contributed by atoms with Gasteiger partial charge in [-0.25, -0.2) is 4.99 Å². The molecule has 0 unspecified atom stereocenters. The number of amides is 2. The van der Waals surface area contributed by atoms with E-state index < -0.39 is 23.6 Å². The summed E-state index contributed by atoms with van der Waals surface area (Å²) in [5, 5.41) is 3.05. The van der Waals surface area contributed by atoms with E-state index in [1.54, 1.807) is 12.3 Å². The highest BCUT2D eigenvalue weighted by molar-refractivity contribution is 6.01. The molecular formula is C27H30F3N5O3. The molecule has 2 aromatic rings. The minimum atomic E-state index is -4.90. The van der Waals surface area contributed by atoms with Crippen LogP contribution in [0.3, 0.4) is 0 Å². The fraction of sp³-hybridized carbons (Fsp3) is 0.481. The molecule has 2 heterocycles. The molecule has 1 aromatic heterocycles. The monoisotopic (exact) mass is 529 g/mol. The summed E-state index contributed by atoms with van der Waals surface area (Å²) in [6, 6.07) is 10.8. The molecule has 0 radical (unpaired) electrons. The van der Waals surface area contributed by atoms with Gasteiger partial charge in [0.25, 0.3) is 5.91 Å². The number of rotatable bonds is 8. The SMILES string of the molecule is O=C(c1ccccc1OC(F)(F)F)N1CCN(C(=NC2(C(=O)NCCC3CC3)CC2)c2ccccn2)CC1. The summed E-state index contributed by atoms with van der Waals surface area (Å²) >= 11 is 0. The van der Waals surface area contributed by atoms with Gasteiger partial charge in [0.2, 0.25) is 5.91 Å². The fourth-order valence-corrected chi connectivity index (χ4v) is 4.61. The zero-order valence-electron chi connectivity index (χ0n) is 20.9. The molecule has 1 aliphatic heterocycles. The van der Waals surface area contributed by atoms with Crippen molar-refractivity contribution in [3.63, 3.8) is 0 Å². The number of aliphatic imine (C=N–C) groups is 1. The number of para-hydroxylation sites is 1. The van der Waals surface area contributed by atoms with Crippen LogP contribution in [0.5, 0.6) is 5.75 Å². The van der Waals surface area contributed by atoms with Crippen molar-refractivity contribution in [2.45, 2.75) is 44.0 Å². The van der Waals surface area contributed by atoms with Gasteiger partial charge in [-0.3, -0.25) is 14.6 Å². The number of hydrogen-bond acceptors (Lipinski definition) is 5. The molecule has 1 saturated heterocycles. The van der Waals surface area contributed by atoms with Crippen LogP contribution in [-0.4, -0.2) is 77.1 Å². The molecule has 3 aliphatic rings. The average molecular weight is 530 g/mol. The summed E-state index contributed by atoms with van der Waals surface area (Å²) in [6.45, 7) is 1.98. The van der Waals surface area contributed by atoms with E-state index in [1.807, 2.05) is 17.0 Å². The molecule has 2 saturated carbocycles. The number of amidine groups is 1. The molecule has 202 valence electrons. The number of hydrogen-bond donors (Lipinski definition) is 1. The van der Waals surface area contributed by atoms with Crippen molar-refractivity contribution in [1.82, 2.24) is 20.1 Å². The Kier molecular flexibility index (Phi) is 7.27. The summed E-state index contributed by atoms with van der Waals surface area (Å²) in [5.74, 6) is 0.195. The number of pyridine rings is 1. The Labute approximate surface area is 218 Å². The first-order valence-electron chi connectivity index (χ1n) is 12.9. The van der Waals surface area contributed by atoms with Gasteiger partial charge in [0.1, 0.15) is 17.0 Å². The van der Waals surface area contributed by atoms with E-state index in [-0.39, 0.29) is 24.6 Å². The van der Waals surface area contributed by atoms with E-state index in [1.165, 1.54) is 35.9 Å². The van der Waals surface area contributed by atoms with Crippen LogP contribution in [0.15, 0.2) is 53.7 Å². The lowest BCUT2D eigenvalue weighted by atomic mass is 10.1. The van der Waals surface area contributed by atoms with Crippen LogP contribution in [0.1, 0.15) is 48.2 Å². The maximum absolute atomic E-state index is 13.1. The second-order valence-corrected chi connectivity index (χ2v) is 9.99. The number of ether oxygens (including phenoxy) is 1. The third-order valence-corrected chi connectivity index (χ3v) is 7.10. The topological polar surface area (TPSA) is 87.1 Å². The minimum absolute atomic E-state index is 0.0679. The highest BCUT2D eigenvalue weighted by Gasteiger charge is 2.51. The number of alkyl halides is 3. The number of aromatic nitrogens is 1. The number of piperazine rings is 1. The molecule has 1 aromatic carbocycles. The molecule has 0 atom stereocenters. The van der Waals surface area contributed by atoms with Crippen molar-refractivity contribution in [2.24, 2.45) is 10.9 Å². The van der Waals surface area contributed by atoms with Gasteiger partial charge in [-0.15, -0.1) is 13.2 Å². The zero-order chi connectivity index (χ0) is 26.8. The van der Waals surface area contributed by atoms with Gasteiger partial charge in [0.15, 0.2) is 5.84 Å². The predicted molar refractivity (Wildman–Crippen MR) is 134 cm³/mol. The van der Waals surface area contributed by atoms with Crippen LogP contribution in [0.4, 0.5) is 13.2 Å². The zero-order valence-corrected chi connectivity index (χ0v) is 20.9. The quantitative estimate of drug-likeness (QED) is 0.417. The molecular weight excluding hydrogens is 499 g/mol. The second kappa shape index (κ2) is 10.6. The summed E-state index contributed by atoms with van der Waals surface area (Å²) in [4.78, 5) is 39.0. The first-order valence-corrected chi connectivity index (χ1v) is 12.9. The molecule has 0 spiro atoms. The van der Waals surface area contributed by atoms with Crippen LogP contribution in [-0.2, 0) is 4.79 Å². The summed E-state index contributed by atoms with van der Waals surface area (Å²) in [6.07, 6.45) is 1.55. The van der Waals surface area contributed by atoms with Crippen molar-refractivity contribution >= 4 is 17.6 Å². The Balaban J connectivity index is 1.29. The maximum atomic E-state index is 13.1. The molecule has 11 heteroatoms.